The Bertz CT molecular complexity index is 411. The zero-order valence-electron chi connectivity index (χ0n) is 12.4. The van der Waals surface area contributed by atoms with Crippen molar-refractivity contribution in [3.05, 3.63) is 23.3 Å². The number of rotatable bonds is 6. The van der Waals surface area contributed by atoms with E-state index in [1.54, 1.807) is 0 Å². The number of hydrogen-bond donors (Lipinski definition) is 2. The first-order valence-electron chi connectivity index (χ1n) is 7.15. The third-order valence-electron chi connectivity index (χ3n) is 3.10. The molecule has 1 aromatic carbocycles. The molecule has 0 fully saturated rings. The van der Waals surface area contributed by atoms with Crippen LogP contribution in [0, 0.1) is 5.92 Å². The second-order valence-corrected chi connectivity index (χ2v) is 5.29. The number of carbonyl (C=O) groups excluding carboxylic acids is 1. The third kappa shape index (κ3) is 4.27. The second kappa shape index (κ2) is 7.17. The molecule has 0 aliphatic rings. The molecule has 3 nitrogen and oxygen atoms in total. The van der Waals surface area contributed by atoms with Crippen LogP contribution in [-0.4, -0.2) is 11.0 Å². The van der Waals surface area contributed by atoms with Crippen molar-refractivity contribution in [1.82, 2.24) is 0 Å². The summed E-state index contributed by atoms with van der Waals surface area (Å²) in [5.74, 6) is 0.361. The van der Waals surface area contributed by atoms with Crippen LogP contribution in [0.1, 0.15) is 51.7 Å². The first-order chi connectivity index (χ1) is 8.99. The fraction of sp³-hybridized carbons (Fsp3) is 0.562. The molecule has 0 bridgehead atoms. The second-order valence-electron chi connectivity index (χ2n) is 5.29. The summed E-state index contributed by atoms with van der Waals surface area (Å²) in [5, 5.41) is 13.1. The third-order valence-corrected chi connectivity index (χ3v) is 3.10. The van der Waals surface area contributed by atoms with E-state index in [-0.39, 0.29) is 11.8 Å². The molecule has 0 radical (unpaired) electrons. The van der Waals surface area contributed by atoms with Gasteiger partial charge in [-0.15, -0.1) is 0 Å². The Morgan fingerprint density at radius 3 is 2.00 bits per heavy atom. The van der Waals surface area contributed by atoms with Crippen molar-refractivity contribution in [3.8, 4) is 5.75 Å². The van der Waals surface area contributed by atoms with Crippen molar-refractivity contribution in [1.29, 1.82) is 0 Å². The zero-order valence-corrected chi connectivity index (χ0v) is 12.4. The molecule has 0 aromatic heterocycles. The number of hydrogen-bond acceptors (Lipinski definition) is 2. The van der Waals surface area contributed by atoms with Crippen LogP contribution in [0.4, 0.5) is 5.69 Å². The van der Waals surface area contributed by atoms with E-state index in [1.165, 1.54) is 0 Å². The van der Waals surface area contributed by atoms with Crippen molar-refractivity contribution in [2.75, 3.05) is 5.32 Å². The summed E-state index contributed by atoms with van der Waals surface area (Å²) < 4.78 is 0. The topological polar surface area (TPSA) is 49.3 Å². The van der Waals surface area contributed by atoms with Gasteiger partial charge in [0.05, 0.1) is 0 Å². The molecule has 106 valence electrons. The molecule has 0 saturated carbocycles. The van der Waals surface area contributed by atoms with Crippen molar-refractivity contribution >= 4 is 11.6 Å². The zero-order chi connectivity index (χ0) is 14.4. The normalized spacial score (nSPS) is 10.8. The Hall–Kier alpha value is -1.51. The van der Waals surface area contributed by atoms with Crippen molar-refractivity contribution in [3.63, 3.8) is 0 Å². The van der Waals surface area contributed by atoms with E-state index in [9.17, 15) is 9.90 Å². The number of amides is 1. The van der Waals surface area contributed by atoms with Crippen LogP contribution in [0.2, 0.25) is 0 Å². The summed E-state index contributed by atoms with van der Waals surface area (Å²) in [4.78, 5) is 11.8. The van der Waals surface area contributed by atoms with Crippen LogP contribution in [-0.2, 0) is 17.6 Å². The van der Waals surface area contributed by atoms with Gasteiger partial charge in [-0.2, -0.15) is 0 Å². The summed E-state index contributed by atoms with van der Waals surface area (Å²) in [7, 11) is 0. The Labute approximate surface area is 116 Å². The molecule has 0 aliphatic heterocycles. The highest BCUT2D eigenvalue weighted by Gasteiger charge is 2.12. The van der Waals surface area contributed by atoms with Gasteiger partial charge >= 0.3 is 0 Å². The monoisotopic (exact) mass is 263 g/mol. The highest BCUT2D eigenvalue weighted by Crippen LogP contribution is 2.29. The summed E-state index contributed by atoms with van der Waals surface area (Å²) in [6.07, 6.45) is 3.60. The first kappa shape index (κ1) is 15.5. The number of benzene rings is 1. The van der Waals surface area contributed by atoms with Gasteiger partial charge in [-0.25, -0.2) is 0 Å². The van der Waals surface area contributed by atoms with E-state index in [4.69, 9.17) is 0 Å². The summed E-state index contributed by atoms with van der Waals surface area (Å²) in [6, 6.07) is 3.77. The minimum absolute atomic E-state index is 0.00980. The molecule has 19 heavy (non-hydrogen) atoms. The quantitative estimate of drug-likeness (QED) is 0.765. The molecule has 0 saturated heterocycles. The number of anilines is 1. The van der Waals surface area contributed by atoms with Crippen LogP contribution in [0.3, 0.4) is 0 Å². The van der Waals surface area contributed by atoms with Crippen molar-refractivity contribution in [2.45, 2.75) is 53.4 Å². The minimum atomic E-state index is -0.0435. The smallest absolute Gasteiger partial charge is 0.226 e. The lowest BCUT2D eigenvalue weighted by Gasteiger charge is -2.14. The number of aromatic hydroxyl groups is 1. The van der Waals surface area contributed by atoms with E-state index < -0.39 is 0 Å². The van der Waals surface area contributed by atoms with E-state index in [2.05, 4.69) is 19.2 Å². The Balaban J connectivity index is 3.07. The number of carbonyl (C=O) groups is 1. The van der Waals surface area contributed by atoms with E-state index in [1.807, 2.05) is 26.0 Å². The molecule has 0 spiro atoms. The van der Waals surface area contributed by atoms with E-state index in [0.29, 0.717) is 5.75 Å². The largest absolute Gasteiger partial charge is 0.507 e. The van der Waals surface area contributed by atoms with Gasteiger partial charge in [0.15, 0.2) is 0 Å². The Kier molecular flexibility index (Phi) is 5.87. The lowest BCUT2D eigenvalue weighted by Crippen LogP contribution is -2.18. The predicted octanol–water partition coefficient (Wildman–Crippen LogP) is 3.89. The maximum absolute atomic E-state index is 11.8. The van der Waals surface area contributed by atoms with Gasteiger partial charge in [-0.3, -0.25) is 4.79 Å². The summed E-state index contributed by atoms with van der Waals surface area (Å²) >= 11 is 0. The number of phenols is 1. The molecule has 0 unspecified atom stereocenters. The van der Waals surface area contributed by atoms with E-state index >= 15 is 0 Å². The Morgan fingerprint density at radius 1 is 1.16 bits per heavy atom. The fourth-order valence-electron chi connectivity index (χ4n) is 2.04. The van der Waals surface area contributed by atoms with Gasteiger partial charge in [0.2, 0.25) is 5.91 Å². The molecule has 1 rings (SSSR count). The Morgan fingerprint density at radius 2 is 1.63 bits per heavy atom. The predicted molar refractivity (Wildman–Crippen MR) is 79.6 cm³/mol. The number of nitrogens with one attached hydrogen (secondary N) is 1. The highest BCUT2D eigenvalue weighted by molar-refractivity contribution is 5.92. The summed E-state index contributed by atoms with van der Waals surface area (Å²) in [5.41, 5.74) is 2.64. The minimum Gasteiger partial charge on any atom is -0.507 e. The molecule has 2 N–H and O–H groups in total. The van der Waals surface area contributed by atoms with Gasteiger partial charge < -0.3 is 10.4 Å². The molecular weight excluding hydrogens is 238 g/mol. The molecule has 0 atom stereocenters. The maximum atomic E-state index is 11.8. The molecule has 0 aliphatic carbocycles. The summed E-state index contributed by atoms with van der Waals surface area (Å²) in [6.45, 7) is 7.90. The van der Waals surface area contributed by atoms with Gasteiger partial charge in [0.1, 0.15) is 5.75 Å². The van der Waals surface area contributed by atoms with Crippen LogP contribution >= 0.6 is 0 Å². The van der Waals surface area contributed by atoms with Gasteiger partial charge in [-0.05, 0) is 36.1 Å². The van der Waals surface area contributed by atoms with Gasteiger partial charge in [0.25, 0.3) is 0 Å². The van der Waals surface area contributed by atoms with Crippen LogP contribution < -0.4 is 5.32 Å². The lowest BCUT2D eigenvalue weighted by atomic mass is 10.0. The van der Waals surface area contributed by atoms with Crippen molar-refractivity contribution in [2.24, 2.45) is 5.92 Å². The van der Waals surface area contributed by atoms with Crippen LogP contribution in [0.25, 0.3) is 0 Å². The van der Waals surface area contributed by atoms with Crippen molar-refractivity contribution < 1.29 is 9.90 Å². The first-order valence-corrected chi connectivity index (χ1v) is 7.15. The maximum Gasteiger partial charge on any atom is 0.226 e. The fourth-order valence-corrected chi connectivity index (χ4v) is 2.04. The van der Waals surface area contributed by atoms with Gasteiger partial charge in [0, 0.05) is 11.6 Å². The van der Waals surface area contributed by atoms with Gasteiger partial charge in [-0.1, -0.05) is 40.5 Å². The average molecular weight is 263 g/mol. The molecule has 1 aromatic rings. The number of phenolic OH excluding ortho intramolecular Hbond substituents is 1. The molecule has 1 amide bonds. The SMILES string of the molecule is CCCc1cc(NC(=O)C(C)C)cc(CCC)c1O. The standard InChI is InChI=1S/C16H25NO2/c1-5-7-12-9-14(17-16(19)11(3)4)10-13(8-6-2)15(12)18/h9-11,18H,5-8H2,1-4H3,(H,17,19). The lowest BCUT2D eigenvalue weighted by molar-refractivity contribution is -0.118. The molecule has 0 heterocycles. The highest BCUT2D eigenvalue weighted by atomic mass is 16.3. The number of aryl methyl sites for hydroxylation is 2. The van der Waals surface area contributed by atoms with Crippen LogP contribution in [0.15, 0.2) is 12.1 Å². The van der Waals surface area contributed by atoms with E-state index in [0.717, 1.165) is 42.5 Å². The van der Waals surface area contributed by atoms with Crippen LogP contribution in [0.5, 0.6) is 5.75 Å². The average Bonchev–Trinajstić information content (AvgIpc) is 2.35. The molecular formula is C16H25NO2. The molecule has 3 heteroatoms.